The molecule has 58 valence electrons. The van der Waals surface area contributed by atoms with E-state index in [1.807, 2.05) is 26.0 Å². The molecule has 2 N–H and O–H groups in total. The topological polar surface area (TPSA) is 57.5 Å². The number of hydrogen-bond acceptors (Lipinski definition) is 1. The average Bonchev–Trinajstić information content (AvgIpc) is 1.62. The smallest absolute Gasteiger partial charge is 0.450 e. The highest BCUT2D eigenvalue weighted by Gasteiger charge is 1.70. The minimum Gasteiger partial charge on any atom is -0.450 e. The van der Waals surface area contributed by atoms with E-state index in [4.69, 9.17) is 15.0 Å². The summed E-state index contributed by atoms with van der Waals surface area (Å²) < 4.78 is 0. The van der Waals surface area contributed by atoms with Crippen LogP contribution in [-0.2, 0) is 0 Å². The van der Waals surface area contributed by atoms with E-state index in [9.17, 15) is 0 Å². The fraction of sp³-hybridized carbons (Fsp3) is 0.286. The zero-order chi connectivity index (χ0) is 8.57. The largest absolute Gasteiger partial charge is 0.503 e. The summed E-state index contributed by atoms with van der Waals surface area (Å²) in [6.45, 7) is 7.61. The van der Waals surface area contributed by atoms with Crippen molar-refractivity contribution in [1.29, 1.82) is 0 Å². The van der Waals surface area contributed by atoms with Crippen molar-refractivity contribution in [2.24, 2.45) is 0 Å². The molecule has 0 rings (SSSR count). The molecule has 0 aromatic heterocycles. The van der Waals surface area contributed by atoms with E-state index in [1.54, 1.807) is 0 Å². The summed E-state index contributed by atoms with van der Waals surface area (Å²) in [5, 5.41) is 13.9. The van der Waals surface area contributed by atoms with Crippen LogP contribution in [0.1, 0.15) is 13.8 Å². The molecule has 0 saturated heterocycles. The molecule has 0 aromatic rings. The summed E-state index contributed by atoms with van der Waals surface area (Å²) in [5.74, 6) is 0. The number of rotatable bonds is 1. The highest BCUT2D eigenvalue weighted by atomic mass is 16.6. The predicted molar refractivity (Wildman–Crippen MR) is 40.3 cm³/mol. The molecule has 0 spiro atoms. The summed E-state index contributed by atoms with van der Waals surface area (Å²) in [6.07, 6.45) is 2.11. The third-order valence-electron chi connectivity index (χ3n) is 0.451. The van der Waals surface area contributed by atoms with E-state index in [2.05, 4.69) is 6.58 Å². The SMILES string of the molecule is C=C(C)/C=C/C.O=C(O)O. The van der Waals surface area contributed by atoms with E-state index in [-0.39, 0.29) is 0 Å². The molecule has 3 heteroatoms. The summed E-state index contributed by atoms with van der Waals surface area (Å²) in [5.41, 5.74) is 1.11. The van der Waals surface area contributed by atoms with Crippen LogP contribution in [0.4, 0.5) is 4.79 Å². The molecule has 0 radical (unpaired) electrons. The monoisotopic (exact) mass is 144 g/mol. The predicted octanol–water partition coefficient (Wildman–Crippen LogP) is 2.36. The molecule has 0 heterocycles. The van der Waals surface area contributed by atoms with Gasteiger partial charge in [-0.3, -0.25) is 0 Å². The van der Waals surface area contributed by atoms with Gasteiger partial charge >= 0.3 is 6.16 Å². The van der Waals surface area contributed by atoms with Gasteiger partial charge in [0, 0.05) is 0 Å². The van der Waals surface area contributed by atoms with Gasteiger partial charge in [-0.15, -0.1) is 0 Å². The first-order valence-corrected chi connectivity index (χ1v) is 2.70. The molecule has 3 nitrogen and oxygen atoms in total. The molecule has 0 bridgehead atoms. The lowest BCUT2D eigenvalue weighted by Gasteiger charge is -1.75. The minimum absolute atomic E-state index is 1.11. The fourth-order valence-electron chi connectivity index (χ4n) is 0.285. The van der Waals surface area contributed by atoms with E-state index < -0.39 is 6.16 Å². The van der Waals surface area contributed by atoms with Crippen molar-refractivity contribution in [2.75, 3.05) is 0 Å². The van der Waals surface area contributed by atoms with Crippen molar-refractivity contribution in [3.05, 3.63) is 24.3 Å². The second-order valence-corrected chi connectivity index (χ2v) is 1.63. The molecular weight excluding hydrogens is 132 g/mol. The maximum atomic E-state index is 8.56. The number of carboxylic acid groups (broad SMARTS) is 2. The Morgan fingerprint density at radius 3 is 1.80 bits per heavy atom. The summed E-state index contributed by atoms with van der Waals surface area (Å²) >= 11 is 0. The van der Waals surface area contributed by atoms with Crippen LogP contribution in [0.3, 0.4) is 0 Å². The molecule has 0 saturated carbocycles. The van der Waals surface area contributed by atoms with E-state index in [0.29, 0.717) is 0 Å². The van der Waals surface area contributed by atoms with Crippen LogP contribution in [0.2, 0.25) is 0 Å². The average molecular weight is 144 g/mol. The Morgan fingerprint density at radius 2 is 1.80 bits per heavy atom. The number of allylic oxidation sites excluding steroid dienone is 3. The first-order chi connectivity index (χ1) is 4.50. The normalized spacial score (nSPS) is 8.20. The van der Waals surface area contributed by atoms with Gasteiger partial charge in [-0.05, 0) is 13.8 Å². The molecule has 0 atom stereocenters. The molecular formula is C7H12O3. The molecule has 0 aromatic carbocycles. The molecule has 0 aliphatic carbocycles. The van der Waals surface area contributed by atoms with Crippen molar-refractivity contribution >= 4 is 6.16 Å². The van der Waals surface area contributed by atoms with Gasteiger partial charge in [-0.1, -0.05) is 24.3 Å². The lowest BCUT2D eigenvalue weighted by Crippen LogP contribution is -1.81. The van der Waals surface area contributed by atoms with Crippen molar-refractivity contribution in [2.45, 2.75) is 13.8 Å². The summed E-state index contributed by atoms with van der Waals surface area (Å²) in [4.78, 5) is 8.56. The fourth-order valence-corrected chi connectivity index (χ4v) is 0.285. The standard InChI is InChI=1S/C6H10.CH2O3/c1-4-5-6(2)3;2-1(3)4/h4-5H,2H2,1,3H3;(H2,2,3,4)/b5-4+;. The van der Waals surface area contributed by atoms with Crippen LogP contribution in [0.25, 0.3) is 0 Å². The van der Waals surface area contributed by atoms with Gasteiger partial charge in [0.2, 0.25) is 0 Å². The highest BCUT2D eigenvalue weighted by molar-refractivity contribution is 5.53. The first kappa shape index (κ1) is 11.5. The molecule has 0 unspecified atom stereocenters. The zero-order valence-corrected chi connectivity index (χ0v) is 6.16. The van der Waals surface area contributed by atoms with Crippen molar-refractivity contribution in [3.63, 3.8) is 0 Å². The van der Waals surface area contributed by atoms with E-state index in [0.717, 1.165) is 5.57 Å². The molecule has 0 aliphatic rings. The molecule has 10 heavy (non-hydrogen) atoms. The van der Waals surface area contributed by atoms with Gasteiger partial charge in [0.25, 0.3) is 0 Å². The quantitative estimate of drug-likeness (QED) is 0.555. The Labute approximate surface area is 60.3 Å². The van der Waals surface area contributed by atoms with Crippen molar-refractivity contribution in [1.82, 2.24) is 0 Å². The minimum atomic E-state index is -1.83. The third-order valence-corrected chi connectivity index (χ3v) is 0.451. The summed E-state index contributed by atoms with van der Waals surface area (Å²) in [6, 6.07) is 0. The Kier molecular flexibility index (Phi) is 8.94. The van der Waals surface area contributed by atoms with Crippen molar-refractivity contribution < 1.29 is 15.0 Å². The Hall–Kier alpha value is -1.25. The van der Waals surface area contributed by atoms with Gasteiger partial charge in [-0.2, -0.15) is 0 Å². The second kappa shape index (κ2) is 7.75. The molecule has 0 aliphatic heterocycles. The maximum Gasteiger partial charge on any atom is 0.503 e. The van der Waals surface area contributed by atoms with Gasteiger partial charge in [0.05, 0.1) is 0 Å². The first-order valence-electron chi connectivity index (χ1n) is 2.70. The number of hydrogen-bond donors (Lipinski definition) is 2. The Balaban J connectivity index is 0. The van der Waals surface area contributed by atoms with Crippen LogP contribution >= 0.6 is 0 Å². The second-order valence-electron chi connectivity index (χ2n) is 1.63. The van der Waals surface area contributed by atoms with E-state index in [1.165, 1.54) is 0 Å². The Morgan fingerprint density at radius 1 is 1.50 bits per heavy atom. The lowest BCUT2D eigenvalue weighted by molar-refractivity contribution is 0.137. The highest BCUT2D eigenvalue weighted by Crippen LogP contribution is 1.85. The van der Waals surface area contributed by atoms with E-state index >= 15 is 0 Å². The maximum absolute atomic E-state index is 8.56. The van der Waals surface area contributed by atoms with Crippen molar-refractivity contribution in [3.8, 4) is 0 Å². The number of carbonyl (C=O) groups is 1. The van der Waals surface area contributed by atoms with Gasteiger partial charge in [0.15, 0.2) is 0 Å². The van der Waals surface area contributed by atoms with Gasteiger partial charge < -0.3 is 10.2 Å². The zero-order valence-electron chi connectivity index (χ0n) is 6.16. The molecule has 0 amide bonds. The lowest BCUT2D eigenvalue weighted by atomic mass is 10.3. The van der Waals surface area contributed by atoms with Crippen LogP contribution in [-0.4, -0.2) is 16.4 Å². The Bertz CT molecular complexity index is 132. The summed E-state index contributed by atoms with van der Waals surface area (Å²) in [7, 11) is 0. The van der Waals surface area contributed by atoms with Gasteiger partial charge in [-0.25, -0.2) is 4.79 Å². The van der Waals surface area contributed by atoms with Crippen LogP contribution in [0.5, 0.6) is 0 Å². The van der Waals surface area contributed by atoms with Gasteiger partial charge in [0.1, 0.15) is 0 Å². The third kappa shape index (κ3) is 72.9. The molecule has 0 fully saturated rings. The van der Waals surface area contributed by atoms with Crippen LogP contribution in [0.15, 0.2) is 24.3 Å². The van der Waals surface area contributed by atoms with Crippen LogP contribution in [0, 0.1) is 0 Å². The van der Waals surface area contributed by atoms with Crippen LogP contribution < -0.4 is 0 Å².